The van der Waals surface area contributed by atoms with E-state index in [-0.39, 0.29) is 11.9 Å². The Bertz CT molecular complexity index is 969. The maximum atomic E-state index is 12.4. The van der Waals surface area contributed by atoms with Crippen LogP contribution in [0.1, 0.15) is 51.1 Å². The lowest BCUT2D eigenvalue weighted by atomic mass is 10.1. The Kier molecular flexibility index (Phi) is 8.06. The highest BCUT2D eigenvalue weighted by molar-refractivity contribution is 7.13. The van der Waals surface area contributed by atoms with Crippen molar-refractivity contribution in [2.75, 3.05) is 13.7 Å². The molecule has 166 valence electrons. The fourth-order valence-electron chi connectivity index (χ4n) is 2.99. The number of nitrogens with one attached hydrogen (secondary N) is 1. The summed E-state index contributed by atoms with van der Waals surface area (Å²) in [5.74, 6) is 2.92. The van der Waals surface area contributed by atoms with Gasteiger partial charge in [0.1, 0.15) is 0 Å². The minimum atomic E-state index is -0.144. The quantitative estimate of drug-likeness (QED) is 0.447. The van der Waals surface area contributed by atoms with Crippen molar-refractivity contribution in [3.05, 3.63) is 47.2 Å². The van der Waals surface area contributed by atoms with Crippen LogP contribution in [-0.4, -0.2) is 29.8 Å². The van der Waals surface area contributed by atoms with Crippen molar-refractivity contribution in [2.24, 2.45) is 5.92 Å². The van der Waals surface area contributed by atoms with E-state index in [1.807, 2.05) is 42.6 Å². The van der Waals surface area contributed by atoms with Crippen LogP contribution in [-0.2, 0) is 11.2 Å². The van der Waals surface area contributed by atoms with Crippen molar-refractivity contribution in [3.63, 3.8) is 0 Å². The van der Waals surface area contributed by atoms with Crippen molar-refractivity contribution in [3.8, 4) is 22.2 Å². The number of carbonyl (C=O) groups is 1. The second-order valence-corrected chi connectivity index (χ2v) is 8.69. The van der Waals surface area contributed by atoms with E-state index < -0.39 is 0 Å². The molecule has 0 spiro atoms. The monoisotopic (exact) mass is 443 g/mol. The Morgan fingerprint density at radius 3 is 2.77 bits per heavy atom. The van der Waals surface area contributed by atoms with Crippen LogP contribution in [0.5, 0.6) is 11.5 Å². The first-order chi connectivity index (χ1) is 15.0. The maximum absolute atomic E-state index is 12.4. The lowest BCUT2D eigenvalue weighted by Gasteiger charge is -2.17. The van der Waals surface area contributed by atoms with Crippen LogP contribution < -0.4 is 14.8 Å². The number of methoxy groups -OCH3 is 1. The molecule has 3 aromatic rings. The fourth-order valence-corrected chi connectivity index (χ4v) is 3.64. The average molecular weight is 444 g/mol. The normalized spacial score (nSPS) is 12.0. The predicted octanol–water partition coefficient (Wildman–Crippen LogP) is 5.04. The van der Waals surface area contributed by atoms with Gasteiger partial charge in [0.05, 0.1) is 24.6 Å². The summed E-state index contributed by atoms with van der Waals surface area (Å²) < 4.78 is 16.5. The SMILES string of the molecule is COc1cc(C(C)NC(=O)CCCc2nc(-c3cccs3)no2)ccc1OCC(C)C. The van der Waals surface area contributed by atoms with E-state index in [0.29, 0.717) is 55.0 Å². The van der Waals surface area contributed by atoms with Crippen LogP contribution in [0, 0.1) is 5.92 Å². The van der Waals surface area contributed by atoms with Gasteiger partial charge in [-0.3, -0.25) is 4.79 Å². The molecular weight excluding hydrogens is 414 g/mol. The molecule has 1 atom stereocenters. The Morgan fingerprint density at radius 1 is 1.23 bits per heavy atom. The summed E-state index contributed by atoms with van der Waals surface area (Å²) in [4.78, 5) is 17.7. The first-order valence-electron chi connectivity index (χ1n) is 10.4. The number of rotatable bonds is 11. The first-order valence-corrected chi connectivity index (χ1v) is 11.3. The van der Waals surface area contributed by atoms with Gasteiger partial charge in [0.15, 0.2) is 11.5 Å². The summed E-state index contributed by atoms with van der Waals surface area (Å²) in [5, 5.41) is 8.99. The largest absolute Gasteiger partial charge is 0.493 e. The molecular formula is C23H29N3O4S. The van der Waals surface area contributed by atoms with Crippen LogP contribution in [0.4, 0.5) is 0 Å². The van der Waals surface area contributed by atoms with Gasteiger partial charge >= 0.3 is 0 Å². The summed E-state index contributed by atoms with van der Waals surface area (Å²) in [6.07, 6.45) is 1.58. The van der Waals surface area contributed by atoms with Crippen molar-refractivity contribution in [2.45, 2.75) is 46.1 Å². The Hall–Kier alpha value is -2.87. The number of nitrogens with zero attached hydrogens (tertiary/aromatic N) is 2. The van der Waals surface area contributed by atoms with Crippen molar-refractivity contribution in [1.29, 1.82) is 0 Å². The molecule has 0 bridgehead atoms. The van der Waals surface area contributed by atoms with Crippen LogP contribution in [0.3, 0.4) is 0 Å². The molecule has 1 amide bonds. The first kappa shape index (κ1) is 22.8. The molecule has 1 N–H and O–H groups in total. The van der Waals surface area contributed by atoms with Gasteiger partial charge in [-0.15, -0.1) is 11.3 Å². The van der Waals surface area contributed by atoms with Gasteiger partial charge in [-0.05, 0) is 48.4 Å². The summed E-state index contributed by atoms with van der Waals surface area (Å²) in [5.41, 5.74) is 0.958. The Balaban J connectivity index is 1.47. The van der Waals surface area contributed by atoms with E-state index in [1.165, 1.54) is 0 Å². The smallest absolute Gasteiger partial charge is 0.226 e. The van der Waals surface area contributed by atoms with Crippen molar-refractivity contribution < 1.29 is 18.8 Å². The van der Waals surface area contributed by atoms with Crippen molar-refractivity contribution in [1.82, 2.24) is 15.5 Å². The molecule has 0 saturated heterocycles. The maximum Gasteiger partial charge on any atom is 0.226 e. The summed E-state index contributed by atoms with van der Waals surface area (Å²) in [6.45, 7) is 6.77. The fraction of sp³-hybridized carbons (Fsp3) is 0.435. The number of hydrogen-bond acceptors (Lipinski definition) is 7. The standard InChI is InChI=1S/C23H29N3O4S/c1-15(2)14-29-18-11-10-17(13-19(18)28-4)16(3)24-21(27)8-5-9-22-25-23(26-30-22)20-7-6-12-31-20/h6-7,10-13,15-16H,5,8-9,14H2,1-4H3,(H,24,27). The molecule has 8 heteroatoms. The zero-order valence-corrected chi connectivity index (χ0v) is 19.2. The van der Waals surface area contributed by atoms with Gasteiger partial charge in [-0.25, -0.2) is 0 Å². The third-order valence-corrected chi connectivity index (χ3v) is 5.51. The van der Waals surface area contributed by atoms with E-state index in [9.17, 15) is 4.79 Å². The molecule has 3 rings (SSSR count). The molecule has 7 nitrogen and oxygen atoms in total. The molecule has 0 saturated carbocycles. The van der Waals surface area contributed by atoms with Gasteiger partial charge < -0.3 is 19.3 Å². The number of hydrogen-bond donors (Lipinski definition) is 1. The molecule has 0 aliphatic rings. The zero-order valence-electron chi connectivity index (χ0n) is 18.4. The molecule has 1 aromatic carbocycles. The van der Waals surface area contributed by atoms with Crippen LogP contribution >= 0.6 is 11.3 Å². The van der Waals surface area contributed by atoms with Gasteiger partial charge in [-0.2, -0.15) is 4.98 Å². The molecule has 0 aliphatic carbocycles. The number of benzene rings is 1. The highest BCUT2D eigenvalue weighted by Crippen LogP contribution is 2.30. The van der Waals surface area contributed by atoms with Gasteiger partial charge in [-0.1, -0.05) is 31.1 Å². The minimum Gasteiger partial charge on any atom is -0.493 e. The average Bonchev–Trinajstić information content (AvgIpc) is 3.44. The summed E-state index contributed by atoms with van der Waals surface area (Å²) in [6, 6.07) is 9.50. The predicted molar refractivity (Wildman–Crippen MR) is 120 cm³/mol. The second-order valence-electron chi connectivity index (χ2n) is 7.75. The summed E-state index contributed by atoms with van der Waals surface area (Å²) in [7, 11) is 1.62. The van der Waals surface area contributed by atoms with Crippen LogP contribution in [0.15, 0.2) is 40.2 Å². The van der Waals surface area contributed by atoms with E-state index in [0.717, 1.165) is 10.4 Å². The number of aryl methyl sites for hydroxylation is 1. The lowest BCUT2D eigenvalue weighted by molar-refractivity contribution is -0.121. The lowest BCUT2D eigenvalue weighted by Crippen LogP contribution is -2.26. The van der Waals surface area contributed by atoms with E-state index in [1.54, 1.807) is 18.4 Å². The molecule has 2 aromatic heterocycles. The molecule has 0 aliphatic heterocycles. The summed E-state index contributed by atoms with van der Waals surface area (Å²) >= 11 is 1.56. The molecule has 0 radical (unpaired) electrons. The number of aromatic nitrogens is 2. The highest BCUT2D eigenvalue weighted by Gasteiger charge is 2.14. The minimum absolute atomic E-state index is 0.0235. The number of amides is 1. The Morgan fingerprint density at radius 2 is 2.06 bits per heavy atom. The van der Waals surface area contributed by atoms with E-state index in [4.69, 9.17) is 14.0 Å². The van der Waals surface area contributed by atoms with Crippen LogP contribution in [0.25, 0.3) is 10.7 Å². The van der Waals surface area contributed by atoms with Gasteiger partial charge in [0, 0.05) is 12.8 Å². The third-order valence-electron chi connectivity index (χ3n) is 4.64. The highest BCUT2D eigenvalue weighted by atomic mass is 32.1. The molecule has 2 heterocycles. The zero-order chi connectivity index (χ0) is 22.2. The molecule has 0 fully saturated rings. The van der Waals surface area contributed by atoms with E-state index >= 15 is 0 Å². The van der Waals surface area contributed by atoms with Gasteiger partial charge in [0.25, 0.3) is 0 Å². The van der Waals surface area contributed by atoms with Crippen molar-refractivity contribution >= 4 is 17.2 Å². The van der Waals surface area contributed by atoms with Gasteiger partial charge in [0.2, 0.25) is 17.6 Å². The second kappa shape index (κ2) is 10.9. The number of thiophene rings is 1. The van der Waals surface area contributed by atoms with Crippen LogP contribution in [0.2, 0.25) is 0 Å². The molecule has 31 heavy (non-hydrogen) atoms. The number of carbonyl (C=O) groups excluding carboxylic acids is 1. The van der Waals surface area contributed by atoms with E-state index in [2.05, 4.69) is 29.3 Å². The topological polar surface area (TPSA) is 86.5 Å². The molecule has 1 unspecified atom stereocenters. The number of ether oxygens (including phenoxy) is 2. The third kappa shape index (κ3) is 6.55. The Labute approximate surface area is 186 Å².